The molecular weight excluding hydrogens is 268 g/mol. The van der Waals surface area contributed by atoms with Crippen LogP contribution in [0.2, 0.25) is 0 Å². The molecule has 0 aliphatic carbocycles. The van der Waals surface area contributed by atoms with Gasteiger partial charge in [-0.2, -0.15) is 0 Å². The van der Waals surface area contributed by atoms with E-state index in [-0.39, 0.29) is 17.5 Å². The molecule has 1 atom stereocenters. The van der Waals surface area contributed by atoms with Crippen molar-refractivity contribution in [1.29, 1.82) is 0 Å². The molecule has 0 spiro atoms. The molecule has 1 aliphatic heterocycles. The number of carbonyl (C=O) groups is 2. The summed E-state index contributed by atoms with van der Waals surface area (Å²) >= 11 is 0. The van der Waals surface area contributed by atoms with Gasteiger partial charge >= 0.3 is 5.97 Å². The van der Waals surface area contributed by atoms with Crippen LogP contribution in [-0.2, 0) is 19.1 Å². The third-order valence-electron chi connectivity index (χ3n) is 3.73. The van der Waals surface area contributed by atoms with Gasteiger partial charge in [-0.1, -0.05) is 52.4 Å². The van der Waals surface area contributed by atoms with Crippen molar-refractivity contribution in [2.75, 3.05) is 0 Å². The van der Waals surface area contributed by atoms with Crippen molar-refractivity contribution in [3.05, 3.63) is 11.5 Å². The third-order valence-corrected chi connectivity index (χ3v) is 3.73. The average molecular weight is 296 g/mol. The molecule has 0 aromatic carbocycles. The van der Waals surface area contributed by atoms with E-state index in [1.165, 1.54) is 25.7 Å². The molecule has 1 heterocycles. The van der Waals surface area contributed by atoms with Crippen LogP contribution in [0.15, 0.2) is 11.5 Å². The zero-order valence-corrected chi connectivity index (χ0v) is 13.6. The Kier molecular flexibility index (Phi) is 8.09. The Hall–Kier alpha value is -1.32. The highest BCUT2D eigenvalue weighted by Crippen LogP contribution is 2.24. The van der Waals surface area contributed by atoms with Crippen LogP contribution < -0.4 is 0 Å². The van der Waals surface area contributed by atoms with E-state index < -0.39 is 6.10 Å². The molecule has 0 bridgehead atoms. The van der Waals surface area contributed by atoms with Crippen molar-refractivity contribution < 1.29 is 19.1 Å². The SMILES string of the molecule is CCCCCCCCCC(=O)OC1=C(C)OC(CC)C1=O. The van der Waals surface area contributed by atoms with Crippen LogP contribution in [-0.4, -0.2) is 17.9 Å². The number of esters is 1. The first-order valence-corrected chi connectivity index (χ1v) is 8.22. The predicted molar refractivity (Wildman–Crippen MR) is 81.6 cm³/mol. The Balaban J connectivity index is 2.19. The summed E-state index contributed by atoms with van der Waals surface area (Å²) < 4.78 is 10.5. The van der Waals surface area contributed by atoms with Crippen LogP contribution >= 0.6 is 0 Å². The second-order valence-electron chi connectivity index (χ2n) is 5.61. The Morgan fingerprint density at radius 3 is 2.29 bits per heavy atom. The van der Waals surface area contributed by atoms with E-state index in [1.54, 1.807) is 6.92 Å². The highest BCUT2D eigenvalue weighted by Gasteiger charge is 2.34. The van der Waals surface area contributed by atoms with Gasteiger partial charge in [0.25, 0.3) is 0 Å². The Bertz CT molecular complexity index is 384. The lowest BCUT2D eigenvalue weighted by atomic mass is 10.1. The molecule has 120 valence electrons. The van der Waals surface area contributed by atoms with Crippen LogP contribution in [0.5, 0.6) is 0 Å². The molecule has 0 saturated carbocycles. The average Bonchev–Trinajstić information content (AvgIpc) is 2.73. The van der Waals surface area contributed by atoms with Crippen molar-refractivity contribution in [2.45, 2.75) is 84.7 Å². The van der Waals surface area contributed by atoms with E-state index >= 15 is 0 Å². The summed E-state index contributed by atoms with van der Waals surface area (Å²) in [4.78, 5) is 23.7. The number of hydrogen-bond donors (Lipinski definition) is 0. The molecule has 0 N–H and O–H groups in total. The summed E-state index contributed by atoms with van der Waals surface area (Å²) in [5.41, 5.74) is 0. The van der Waals surface area contributed by atoms with Crippen LogP contribution in [0.4, 0.5) is 0 Å². The Labute approximate surface area is 127 Å². The molecule has 4 nitrogen and oxygen atoms in total. The molecular formula is C17H28O4. The van der Waals surface area contributed by atoms with Crippen molar-refractivity contribution in [3.8, 4) is 0 Å². The minimum atomic E-state index is -0.480. The van der Waals surface area contributed by atoms with Gasteiger partial charge < -0.3 is 9.47 Å². The highest BCUT2D eigenvalue weighted by atomic mass is 16.6. The number of ether oxygens (including phenoxy) is 2. The van der Waals surface area contributed by atoms with Gasteiger partial charge in [0.05, 0.1) is 0 Å². The first-order valence-electron chi connectivity index (χ1n) is 8.22. The largest absolute Gasteiger partial charge is 0.483 e. The van der Waals surface area contributed by atoms with Crippen molar-refractivity contribution in [3.63, 3.8) is 0 Å². The number of unbranched alkanes of at least 4 members (excludes halogenated alkanes) is 6. The van der Waals surface area contributed by atoms with Crippen LogP contribution in [0.1, 0.15) is 78.6 Å². The number of hydrogen-bond acceptors (Lipinski definition) is 4. The normalized spacial score (nSPS) is 18.0. The lowest BCUT2D eigenvalue weighted by Gasteiger charge is -2.05. The molecule has 0 amide bonds. The summed E-state index contributed by atoms with van der Waals surface area (Å²) in [6, 6.07) is 0. The fourth-order valence-corrected chi connectivity index (χ4v) is 2.42. The third kappa shape index (κ3) is 5.90. The molecule has 0 aromatic heterocycles. The van der Waals surface area contributed by atoms with Crippen LogP contribution in [0, 0.1) is 0 Å². The van der Waals surface area contributed by atoms with E-state index in [0.29, 0.717) is 18.6 Å². The van der Waals surface area contributed by atoms with E-state index in [4.69, 9.17) is 9.47 Å². The molecule has 0 radical (unpaired) electrons. The Morgan fingerprint density at radius 2 is 1.71 bits per heavy atom. The number of allylic oxidation sites excluding steroid dienone is 1. The fraction of sp³-hybridized carbons (Fsp3) is 0.765. The summed E-state index contributed by atoms with van der Waals surface area (Å²) in [5.74, 6) is 0.00379. The number of Topliss-reactive ketones (excluding diaryl/α,β-unsaturated/α-hetero) is 1. The maximum atomic E-state index is 11.9. The summed E-state index contributed by atoms with van der Waals surface area (Å²) in [5, 5.41) is 0. The summed E-state index contributed by atoms with van der Waals surface area (Å²) in [6.07, 6.45) is 8.55. The van der Waals surface area contributed by atoms with Gasteiger partial charge in [-0.15, -0.1) is 0 Å². The lowest BCUT2D eigenvalue weighted by molar-refractivity contribution is -0.142. The molecule has 21 heavy (non-hydrogen) atoms. The second kappa shape index (κ2) is 9.59. The van der Waals surface area contributed by atoms with Gasteiger partial charge in [0.2, 0.25) is 11.5 Å². The Morgan fingerprint density at radius 1 is 1.10 bits per heavy atom. The molecule has 1 rings (SSSR count). The zero-order valence-electron chi connectivity index (χ0n) is 13.6. The molecule has 0 aromatic rings. The number of ketones is 1. The molecule has 1 aliphatic rings. The summed E-state index contributed by atoms with van der Waals surface area (Å²) in [7, 11) is 0. The predicted octanol–water partition coefficient (Wildman–Crippen LogP) is 4.28. The van der Waals surface area contributed by atoms with Gasteiger partial charge in [0.15, 0.2) is 6.10 Å². The fourth-order valence-electron chi connectivity index (χ4n) is 2.42. The molecule has 0 fully saturated rings. The topological polar surface area (TPSA) is 52.6 Å². The maximum Gasteiger partial charge on any atom is 0.311 e. The monoisotopic (exact) mass is 296 g/mol. The highest BCUT2D eigenvalue weighted by molar-refractivity contribution is 6.01. The van der Waals surface area contributed by atoms with Gasteiger partial charge in [-0.25, -0.2) is 0 Å². The zero-order chi connectivity index (χ0) is 15.7. The molecule has 1 unspecified atom stereocenters. The number of carbonyl (C=O) groups excluding carboxylic acids is 2. The van der Waals surface area contributed by atoms with E-state index in [2.05, 4.69) is 6.92 Å². The summed E-state index contributed by atoms with van der Waals surface area (Å²) in [6.45, 7) is 5.74. The van der Waals surface area contributed by atoms with E-state index in [9.17, 15) is 9.59 Å². The van der Waals surface area contributed by atoms with Gasteiger partial charge in [0, 0.05) is 6.42 Å². The minimum absolute atomic E-state index is 0.106. The van der Waals surface area contributed by atoms with E-state index in [0.717, 1.165) is 19.3 Å². The maximum absolute atomic E-state index is 11.9. The second-order valence-corrected chi connectivity index (χ2v) is 5.61. The van der Waals surface area contributed by atoms with E-state index in [1.807, 2.05) is 6.92 Å². The van der Waals surface area contributed by atoms with Crippen molar-refractivity contribution in [1.82, 2.24) is 0 Å². The quantitative estimate of drug-likeness (QED) is 0.446. The van der Waals surface area contributed by atoms with Crippen molar-refractivity contribution in [2.24, 2.45) is 0 Å². The number of rotatable bonds is 10. The minimum Gasteiger partial charge on any atom is -0.483 e. The van der Waals surface area contributed by atoms with Gasteiger partial charge in [-0.3, -0.25) is 9.59 Å². The first kappa shape index (κ1) is 17.7. The van der Waals surface area contributed by atoms with Gasteiger partial charge in [0.1, 0.15) is 5.76 Å². The lowest BCUT2D eigenvalue weighted by Crippen LogP contribution is -2.19. The smallest absolute Gasteiger partial charge is 0.311 e. The standard InChI is InChI=1S/C17H28O4/c1-4-6-7-8-9-10-11-12-15(18)21-17-13(3)20-14(5-2)16(17)19/h14H,4-12H2,1-3H3. The van der Waals surface area contributed by atoms with Crippen LogP contribution in [0.25, 0.3) is 0 Å². The molecule has 0 saturated heterocycles. The van der Waals surface area contributed by atoms with Crippen molar-refractivity contribution >= 4 is 11.8 Å². The van der Waals surface area contributed by atoms with Gasteiger partial charge in [-0.05, 0) is 19.8 Å². The first-order chi connectivity index (χ1) is 10.1. The molecule has 4 heteroatoms. The van der Waals surface area contributed by atoms with Crippen LogP contribution in [0.3, 0.4) is 0 Å².